The van der Waals surface area contributed by atoms with Crippen LogP contribution >= 0.6 is 0 Å². The van der Waals surface area contributed by atoms with E-state index in [2.05, 4.69) is 0 Å². The number of aliphatic hydroxyl groups is 1. The van der Waals surface area contributed by atoms with Crippen molar-refractivity contribution in [1.29, 1.82) is 0 Å². The van der Waals surface area contributed by atoms with Crippen molar-refractivity contribution in [2.75, 3.05) is 32.9 Å². The third kappa shape index (κ3) is 3.99. The smallest absolute Gasteiger partial charge is 0.328 e. The molecule has 0 aromatic rings. The number of hydrogen-bond acceptors (Lipinski definition) is 4. The van der Waals surface area contributed by atoms with E-state index in [4.69, 9.17) is 14.9 Å². The minimum absolute atomic E-state index is 0.0177. The van der Waals surface area contributed by atoms with Crippen LogP contribution in [0.25, 0.3) is 0 Å². The molecule has 1 aliphatic rings. The summed E-state index contributed by atoms with van der Waals surface area (Å²) in [5.41, 5.74) is 0.780. The molecule has 1 atom stereocenters. The van der Waals surface area contributed by atoms with Crippen LogP contribution in [0.5, 0.6) is 0 Å². The first-order valence-corrected chi connectivity index (χ1v) is 4.96. The fourth-order valence-corrected chi connectivity index (χ4v) is 1.64. The van der Waals surface area contributed by atoms with E-state index in [0.717, 1.165) is 12.1 Å². The first-order chi connectivity index (χ1) is 7.13. The number of nitrogens with zero attached hydrogens (tertiary/aromatic N) is 1. The molecule has 1 aliphatic heterocycles. The number of carbonyl (C=O) groups is 1. The molecule has 5 heteroatoms. The Hall–Kier alpha value is -0.910. The summed E-state index contributed by atoms with van der Waals surface area (Å²) < 4.78 is 5.23. The predicted octanol–water partition coefficient (Wildman–Crippen LogP) is -0.290. The van der Waals surface area contributed by atoms with Crippen LogP contribution in [0.1, 0.15) is 6.92 Å². The second kappa shape index (κ2) is 5.85. The van der Waals surface area contributed by atoms with Gasteiger partial charge in [0.2, 0.25) is 0 Å². The Bertz CT molecular complexity index is 252. The standard InChI is InChI=1S/C10H17NO4/c1-8(4-10(13)14)5-11-2-3-15-7-9(11)6-12/h4,9,12H,2-3,5-7H2,1H3,(H,13,14). The number of carboxylic acids is 1. The van der Waals surface area contributed by atoms with Crippen molar-refractivity contribution in [2.24, 2.45) is 0 Å². The summed E-state index contributed by atoms with van der Waals surface area (Å²) in [6.07, 6.45) is 1.20. The number of aliphatic hydroxyl groups excluding tert-OH is 1. The Morgan fingerprint density at radius 1 is 1.67 bits per heavy atom. The Morgan fingerprint density at radius 2 is 2.40 bits per heavy atom. The fourth-order valence-electron chi connectivity index (χ4n) is 1.64. The van der Waals surface area contributed by atoms with Crippen molar-refractivity contribution in [3.63, 3.8) is 0 Å². The van der Waals surface area contributed by atoms with Crippen molar-refractivity contribution < 1.29 is 19.7 Å². The molecule has 1 rings (SSSR count). The van der Waals surface area contributed by atoms with Crippen LogP contribution in [0.15, 0.2) is 11.6 Å². The highest BCUT2D eigenvalue weighted by Gasteiger charge is 2.22. The van der Waals surface area contributed by atoms with E-state index in [-0.39, 0.29) is 12.6 Å². The van der Waals surface area contributed by atoms with Gasteiger partial charge in [-0.05, 0) is 6.92 Å². The molecule has 0 spiro atoms. The zero-order valence-corrected chi connectivity index (χ0v) is 8.85. The normalized spacial score (nSPS) is 24.1. The number of aliphatic carboxylic acids is 1. The van der Waals surface area contributed by atoms with Crippen LogP contribution in [-0.4, -0.2) is 60.0 Å². The van der Waals surface area contributed by atoms with Gasteiger partial charge >= 0.3 is 5.97 Å². The van der Waals surface area contributed by atoms with Crippen LogP contribution in [0.4, 0.5) is 0 Å². The van der Waals surface area contributed by atoms with Crippen molar-refractivity contribution in [3.05, 3.63) is 11.6 Å². The van der Waals surface area contributed by atoms with Crippen LogP contribution in [0.2, 0.25) is 0 Å². The Balaban J connectivity index is 2.51. The molecule has 1 unspecified atom stereocenters. The summed E-state index contributed by atoms with van der Waals surface area (Å²) in [5.74, 6) is -0.929. The number of morpholine rings is 1. The van der Waals surface area contributed by atoms with E-state index in [1.807, 2.05) is 4.90 Å². The average molecular weight is 215 g/mol. The molecule has 5 nitrogen and oxygen atoms in total. The van der Waals surface area contributed by atoms with Gasteiger partial charge in [0, 0.05) is 19.2 Å². The minimum atomic E-state index is -0.929. The third-order valence-electron chi connectivity index (χ3n) is 2.38. The summed E-state index contributed by atoms with van der Waals surface area (Å²) in [4.78, 5) is 12.5. The van der Waals surface area contributed by atoms with E-state index in [0.29, 0.717) is 19.8 Å². The molecule has 1 saturated heterocycles. The molecule has 0 radical (unpaired) electrons. The molecule has 86 valence electrons. The quantitative estimate of drug-likeness (QED) is 0.631. The highest BCUT2D eigenvalue weighted by molar-refractivity contribution is 5.80. The summed E-state index contributed by atoms with van der Waals surface area (Å²) in [7, 11) is 0. The van der Waals surface area contributed by atoms with Gasteiger partial charge < -0.3 is 14.9 Å². The van der Waals surface area contributed by atoms with Crippen LogP contribution < -0.4 is 0 Å². The third-order valence-corrected chi connectivity index (χ3v) is 2.38. The van der Waals surface area contributed by atoms with E-state index < -0.39 is 5.97 Å². The number of ether oxygens (including phenoxy) is 1. The van der Waals surface area contributed by atoms with Gasteiger partial charge in [0.05, 0.1) is 25.9 Å². The lowest BCUT2D eigenvalue weighted by Gasteiger charge is -2.34. The van der Waals surface area contributed by atoms with Crippen LogP contribution in [0.3, 0.4) is 0 Å². The maximum Gasteiger partial charge on any atom is 0.328 e. The molecule has 1 fully saturated rings. The molecule has 0 aromatic carbocycles. The number of hydrogen-bond donors (Lipinski definition) is 2. The first kappa shape index (κ1) is 12.2. The van der Waals surface area contributed by atoms with Gasteiger partial charge in [0.1, 0.15) is 0 Å². The van der Waals surface area contributed by atoms with Gasteiger partial charge in [-0.25, -0.2) is 4.79 Å². The van der Waals surface area contributed by atoms with E-state index >= 15 is 0 Å². The van der Waals surface area contributed by atoms with Crippen LogP contribution in [-0.2, 0) is 9.53 Å². The molecule has 0 bridgehead atoms. The summed E-state index contributed by atoms with van der Waals surface area (Å²) in [5, 5.41) is 17.7. The predicted molar refractivity (Wildman–Crippen MR) is 54.7 cm³/mol. The van der Waals surface area contributed by atoms with Gasteiger partial charge in [-0.3, -0.25) is 4.90 Å². The Labute approximate surface area is 89.0 Å². The lowest BCUT2D eigenvalue weighted by Crippen LogP contribution is -2.48. The topological polar surface area (TPSA) is 70.0 Å². The summed E-state index contributed by atoms with van der Waals surface area (Å²) in [6, 6.07) is -0.0177. The summed E-state index contributed by atoms with van der Waals surface area (Å²) in [6.45, 7) is 4.27. The van der Waals surface area contributed by atoms with Gasteiger partial charge in [-0.1, -0.05) is 5.57 Å². The monoisotopic (exact) mass is 215 g/mol. The second-order valence-corrected chi connectivity index (χ2v) is 3.71. The largest absolute Gasteiger partial charge is 0.478 e. The first-order valence-electron chi connectivity index (χ1n) is 4.96. The molecule has 0 aromatic heterocycles. The number of rotatable bonds is 4. The lowest BCUT2D eigenvalue weighted by atomic mass is 10.2. The highest BCUT2D eigenvalue weighted by atomic mass is 16.5. The summed E-state index contributed by atoms with van der Waals surface area (Å²) >= 11 is 0. The van der Waals surface area contributed by atoms with Gasteiger partial charge in [-0.15, -0.1) is 0 Å². The molecule has 1 heterocycles. The van der Waals surface area contributed by atoms with Crippen LogP contribution in [0, 0.1) is 0 Å². The van der Waals surface area contributed by atoms with Crippen molar-refractivity contribution in [3.8, 4) is 0 Å². The van der Waals surface area contributed by atoms with E-state index in [1.165, 1.54) is 6.08 Å². The van der Waals surface area contributed by atoms with Gasteiger partial charge in [-0.2, -0.15) is 0 Å². The molecule has 0 saturated carbocycles. The van der Waals surface area contributed by atoms with Gasteiger partial charge in [0.25, 0.3) is 0 Å². The zero-order chi connectivity index (χ0) is 11.3. The Morgan fingerprint density at radius 3 is 3.00 bits per heavy atom. The fraction of sp³-hybridized carbons (Fsp3) is 0.700. The van der Waals surface area contributed by atoms with Gasteiger partial charge in [0.15, 0.2) is 0 Å². The maximum atomic E-state index is 10.4. The molecular weight excluding hydrogens is 198 g/mol. The molecular formula is C10H17NO4. The highest BCUT2D eigenvalue weighted by Crippen LogP contribution is 2.09. The maximum absolute atomic E-state index is 10.4. The molecule has 0 amide bonds. The zero-order valence-electron chi connectivity index (χ0n) is 8.85. The van der Waals surface area contributed by atoms with Crippen molar-refractivity contribution in [1.82, 2.24) is 4.90 Å². The Kier molecular flexibility index (Phi) is 4.74. The van der Waals surface area contributed by atoms with Crippen molar-refractivity contribution in [2.45, 2.75) is 13.0 Å². The lowest BCUT2D eigenvalue weighted by molar-refractivity contribution is -0.131. The second-order valence-electron chi connectivity index (χ2n) is 3.71. The SMILES string of the molecule is CC(=CC(=O)O)CN1CCOCC1CO. The van der Waals surface area contributed by atoms with Crippen molar-refractivity contribution >= 4 is 5.97 Å². The van der Waals surface area contributed by atoms with E-state index in [1.54, 1.807) is 6.92 Å². The molecule has 2 N–H and O–H groups in total. The number of carboxylic acid groups (broad SMARTS) is 1. The minimum Gasteiger partial charge on any atom is -0.478 e. The average Bonchev–Trinajstić information content (AvgIpc) is 2.17. The van der Waals surface area contributed by atoms with E-state index in [9.17, 15) is 4.79 Å². The molecule has 0 aliphatic carbocycles. The molecule has 15 heavy (non-hydrogen) atoms.